The van der Waals surface area contributed by atoms with E-state index in [0.717, 1.165) is 5.82 Å². The zero-order valence-corrected chi connectivity index (χ0v) is 17.7. The maximum absolute atomic E-state index is 13.3. The summed E-state index contributed by atoms with van der Waals surface area (Å²) >= 11 is 0. The lowest BCUT2D eigenvalue weighted by Crippen LogP contribution is -2.56. The first-order valence-electron chi connectivity index (χ1n) is 10.3. The van der Waals surface area contributed by atoms with Gasteiger partial charge in [-0.25, -0.2) is 4.98 Å². The number of likely N-dealkylation sites (tertiary alicyclic amines) is 1. The summed E-state index contributed by atoms with van der Waals surface area (Å²) in [6.45, 7) is 6.47. The quantitative estimate of drug-likeness (QED) is 0.491. The molecule has 2 saturated heterocycles. The van der Waals surface area contributed by atoms with Crippen LogP contribution in [0.15, 0.2) is 6.20 Å². The van der Waals surface area contributed by atoms with E-state index in [1.807, 2.05) is 20.8 Å². The first-order valence-corrected chi connectivity index (χ1v) is 10.3. The molecular formula is C20H30N6O4. The van der Waals surface area contributed by atoms with E-state index >= 15 is 0 Å². The van der Waals surface area contributed by atoms with E-state index in [1.54, 1.807) is 6.20 Å². The monoisotopic (exact) mass is 418 g/mol. The van der Waals surface area contributed by atoms with Gasteiger partial charge in [0.15, 0.2) is 0 Å². The molecule has 10 heteroatoms. The molecule has 0 spiro atoms. The molecule has 1 aromatic rings. The van der Waals surface area contributed by atoms with Crippen LogP contribution >= 0.6 is 0 Å². The molecule has 0 radical (unpaired) electrons. The zero-order chi connectivity index (χ0) is 22.1. The van der Waals surface area contributed by atoms with Crippen LogP contribution < -0.4 is 16.4 Å². The minimum Gasteiger partial charge on any atom is -0.368 e. The Balaban J connectivity index is 1.79. The Morgan fingerprint density at radius 1 is 1.33 bits per heavy atom. The molecule has 0 saturated carbocycles. The van der Waals surface area contributed by atoms with Gasteiger partial charge in [0.25, 0.3) is 0 Å². The number of aromatic nitrogens is 2. The van der Waals surface area contributed by atoms with Gasteiger partial charge in [0, 0.05) is 36.7 Å². The number of carbonyl (C=O) groups is 4. The summed E-state index contributed by atoms with van der Waals surface area (Å²) < 4.78 is 0. The predicted molar refractivity (Wildman–Crippen MR) is 108 cm³/mol. The number of primary amides is 1. The number of nitrogens with zero attached hydrogens (tertiary/aromatic N) is 2. The lowest BCUT2D eigenvalue weighted by molar-refractivity contribution is -0.140. The van der Waals surface area contributed by atoms with Crippen LogP contribution in [0.3, 0.4) is 0 Å². The highest BCUT2D eigenvalue weighted by molar-refractivity contribution is 5.95. The maximum Gasteiger partial charge on any atom is 0.246 e. The normalized spacial score (nSPS) is 22.6. The molecule has 164 valence electrons. The molecule has 3 atom stereocenters. The number of amides is 4. The summed E-state index contributed by atoms with van der Waals surface area (Å²) in [7, 11) is 0. The highest BCUT2D eigenvalue weighted by Crippen LogP contribution is 2.21. The number of hydrogen-bond donors (Lipinski definition) is 4. The summed E-state index contributed by atoms with van der Waals surface area (Å²) in [5.74, 6) is -0.736. The standard InChI is InChI=1S/C20H30N6O4/c1-20(2,3)19-22-10-11(23-19)9-13(25-17(29)12-6-7-15(27)24-12)18(30)26-8-4-5-14(26)16(21)28/h10,12-14H,4-9H2,1-3H3,(H2,21,28)(H,22,23)(H,24,27)(H,25,29)/t12-,13-,14-/m0/s1. The minimum absolute atomic E-state index is 0.185. The number of aromatic amines is 1. The van der Waals surface area contributed by atoms with Gasteiger partial charge in [0.2, 0.25) is 23.6 Å². The Morgan fingerprint density at radius 3 is 2.63 bits per heavy atom. The second-order valence-electron chi connectivity index (χ2n) is 9.02. The first-order chi connectivity index (χ1) is 14.1. The lowest BCUT2D eigenvalue weighted by atomic mass is 9.96. The zero-order valence-electron chi connectivity index (χ0n) is 17.7. The van der Waals surface area contributed by atoms with Gasteiger partial charge in [-0.1, -0.05) is 20.8 Å². The van der Waals surface area contributed by atoms with Gasteiger partial charge >= 0.3 is 0 Å². The Morgan fingerprint density at radius 2 is 2.07 bits per heavy atom. The molecule has 2 fully saturated rings. The van der Waals surface area contributed by atoms with E-state index in [0.29, 0.717) is 31.5 Å². The molecule has 0 aliphatic carbocycles. The minimum atomic E-state index is -0.900. The Labute approximate surface area is 175 Å². The number of hydrogen-bond acceptors (Lipinski definition) is 5. The van der Waals surface area contributed by atoms with Gasteiger partial charge in [-0.05, 0) is 19.3 Å². The fraction of sp³-hybridized carbons (Fsp3) is 0.650. The summed E-state index contributed by atoms with van der Waals surface area (Å²) in [6.07, 6.45) is 3.70. The van der Waals surface area contributed by atoms with Crippen molar-refractivity contribution < 1.29 is 19.2 Å². The number of H-pyrrole nitrogens is 1. The van der Waals surface area contributed by atoms with E-state index in [2.05, 4.69) is 20.6 Å². The molecule has 0 bridgehead atoms. The molecule has 5 N–H and O–H groups in total. The highest BCUT2D eigenvalue weighted by atomic mass is 16.2. The summed E-state index contributed by atoms with van der Waals surface area (Å²) in [6, 6.07) is -2.23. The molecule has 1 aromatic heterocycles. The fourth-order valence-corrected chi connectivity index (χ4v) is 3.87. The van der Waals surface area contributed by atoms with Crippen molar-refractivity contribution in [3.8, 4) is 0 Å². The molecule has 2 aliphatic rings. The van der Waals surface area contributed by atoms with Crippen LogP contribution in [-0.2, 0) is 31.0 Å². The van der Waals surface area contributed by atoms with Crippen molar-refractivity contribution in [3.05, 3.63) is 17.7 Å². The number of rotatable bonds is 6. The van der Waals surface area contributed by atoms with Crippen molar-refractivity contribution in [1.29, 1.82) is 0 Å². The van der Waals surface area contributed by atoms with Gasteiger partial charge in [-0.2, -0.15) is 0 Å². The first kappa shape index (κ1) is 21.8. The van der Waals surface area contributed by atoms with E-state index in [1.165, 1.54) is 4.90 Å². The van der Waals surface area contributed by atoms with Crippen LogP contribution in [0, 0.1) is 0 Å². The third-order valence-electron chi connectivity index (χ3n) is 5.55. The lowest BCUT2D eigenvalue weighted by Gasteiger charge is -2.28. The van der Waals surface area contributed by atoms with Crippen molar-refractivity contribution >= 4 is 23.6 Å². The van der Waals surface area contributed by atoms with Crippen molar-refractivity contribution in [2.24, 2.45) is 5.73 Å². The van der Waals surface area contributed by atoms with Crippen LogP contribution in [-0.4, -0.2) is 63.2 Å². The number of carbonyl (C=O) groups excluding carboxylic acids is 4. The topological polar surface area (TPSA) is 150 Å². The Bertz CT molecular complexity index is 843. The fourth-order valence-electron chi connectivity index (χ4n) is 3.87. The van der Waals surface area contributed by atoms with Gasteiger partial charge in [0.1, 0.15) is 23.9 Å². The van der Waals surface area contributed by atoms with Crippen LogP contribution in [0.1, 0.15) is 58.0 Å². The third kappa shape index (κ3) is 4.80. The SMILES string of the molecule is CC(C)(C)c1ncc(C[C@H](NC(=O)[C@@H]2CCC(=O)N2)C(=O)N2CCC[C@H]2C(N)=O)[nH]1. The second-order valence-corrected chi connectivity index (χ2v) is 9.02. The van der Waals surface area contributed by atoms with Crippen molar-refractivity contribution in [3.63, 3.8) is 0 Å². The molecule has 30 heavy (non-hydrogen) atoms. The number of imidazole rings is 1. The summed E-state index contributed by atoms with van der Waals surface area (Å²) in [5, 5.41) is 5.38. The van der Waals surface area contributed by atoms with Gasteiger partial charge in [0.05, 0.1) is 0 Å². The van der Waals surface area contributed by atoms with Crippen molar-refractivity contribution in [2.75, 3.05) is 6.54 Å². The molecule has 0 unspecified atom stereocenters. The Kier molecular flexibility index (Phi) is 6.14. The molecule has 3 rings (SSSR count). The van der Waals surface area contributed by atoms with E-state index in [-0.39, 0.29) is 30.1 Å². The number of nitrogens with one attached hydrogen (secondary N) is 3. The molecule has 2 aliphatic heterocycles. The van der Waals surface area contributed by atoms with Gasteiger partial charge in [-0.3, -0.25) is 19.2 Å². The van der Waals surface area contributed by atoms with Crippen LogP contribution in [0.4, 0.5) is 0 Å². The molecule has 10 nitrogen and oxygen atoms in total. The van der Waals surface area contributed by atoms with Gasteiger partial charge < -0.3 is 26.3 Å². The maximum atomic E-state index is 13.3. The predicted octanol–water partition coefficient (Wildman–Crippen LogP) is -0.511. The second kappa shape index (κ2) is 8.45. The number of nitrogens with two attached hydrogens (primary N) is 1. The molecular weight excluding hydrogens is 388 g/mol. The molecule has 4 amide bonds. The molecule has 3 heterocycles. The summed E-state index contributed by atoms with van der Waals surface area (Å²) in [5.41, 5.74) is 5.97. The van der Waals surface area contributed by atoms with E-state index < -0.39 is 29.9 Å². The summed E-state index contributed by atoms with van der Waals surface area (Å²) in [4.78, 5) is 58.2. The van der Waals surface area contributed by atoms with Crippen LogP contribution in [0.2, 0.25) is 0 Å². The van der Waals surface area contributed by atoms with Crippen molar-refractivity contribution in [1.82, 2.24) is 25.5 Å². The van der Waals surface area contributed by atoms with Gasteiger partial charge in [-0.15, -0.1) is 0 Å². The van der Waals surface area contributed by atoms with E-state index in [4.69, 9.17) is 5.73 Å². The average Bonchev–Trinajstić information content (AvgIpc) is 3.39. The Hall–Kier alpha value is -2.91. The molecule has 0 aromatic carbocycles. The van der Waals surface area contributed by atoms with Crippen molar-refractivity contribution in [2.45, 2.75) is 76.4 Å². The average molecular weight is 418 g/mol. The highest BCUT2D eigenvalue weighted by Gasteiger charge is 2.38. The third-order valence-corrected chi connectivity index (χ3v) is 5.55. The van der Waals surface area contributed by atoms with Crippen LogP contribution in [0.25, 0.3) is 0 Å². The largest absolute Gasteiger partial charge is 0.368 e. The van der Waals surface area contributed by atoms with E-state index in [9.17, 15) is 19.2 Å². The van der Waals surface area contributed by atoms with Crippen LogP contribution in [0.5, 0.6) is 0 Å². The smallest absolute Gasteiger partial charge is 0.246 e.